The van der Waals surface area contributed by atoms with E-state index in [1.54, 1.807) is 30.5 Å². The zero-order valence-electron chi connectivity index (χ0n) is 12.6. The Hall–Kier alpha value is -3.48. The van der Waals surface area contributed by atoms with Crippen LogP contribution in [0.2, 0.25) is 0 Å². The molecule has 0 amide bonds. The Morgan fingerprint density at radius 3 is 2.71 bits per heavy atom. The first-order valence-corrected chi connectivity index (χ1v) is 7.21. The Labute approximate surface area is 138 Å². The van der Waals surface area contributed by atoms with Gasteiger partial charge in [-0.2, -0.15) is 0 Å². The van der Waals surface area contributed by atoms with Crippen LogP contribution in [0, 0.1) is 10.1 Å². The van der Waals surface area contributed by atoms with Crippen LogP contribution in [0.5, 0.6) is 5.75 Å². The number of nitrogens with zero attached hydrogens (tertiary/aromatic N) is 3. The summed E-state index contributed by atoms with van der Waals surface area (Å²) in [5, 5.41) is 14.0. The molecule has 0 atom stereocenters. The van der Waals surface area contributed by atoms with Crippen LogP contribution in [0.1, 0.15) is 5.69 Å². The van der Waals surface area contributed by atoms with Gasteiger partial charge in [-0.1, -0.05) is 12.1 Å². The number of ether oxygens (including phenoxy) is 1. The Kier molecular flexibility index (Phi) is 4.62. The summed E-state index contributed by atoms with van der Waals surface area (Å²) in [6.45, 7) is 0.341. The maximum atomic E-state index is 11.0. The molecular formula is C17H14N4O3. The smallest absolute Gasteiger partial charge is 0.311 e. The van der Waals surface area contributed by atoms with Crippen molar-refractivity contribution in [1.29, 1.82) is 0 Å². The molecule has 3 aromatic rings. The van der Waals surface area contributed by atoms with Gasteiger partial charge in [0, 0.05) is 30.2 Å². The van der Waals surface area contributed by atoms with E-state index in [0.717, 1.165) is 5.69 Å². The molecule has 3 rings (SSSR count). The second-order valence-corrected chi connectivity index (χ2v) is 4.89. The van der Waals surface area contributed by atoms with E-state index in [0.29, 0.717) is 18.0 Å². The number of hydrogen-bond donors (Lipinski definition) is 1. The first-order chi connectivity index (χ1) is 11.7. The molecule has 2 heterocycles. The molecule has 1 N–H and O–H groups in total. The number of benzene rings is 1. The third kappa shape index (κ3) is 3.83. The molecule has 0 aliphatic rings. The van der Waals surface area contributed by atoms with Crippen LogP contribution in [0.15, 0.2) is 67.0 Å². The van der Waals surface area contributed by atoms with Crippen LogP contribution in [-0.4, -0.2) is 14.9 Å². The Morgan fingerprint density at radius 1 is 1.04 bits per heavy atom. The van der Waals surface area contributed by atoms with Gasteiger partial charge >= 0.3 is 5.69 Å². The molecule has 0 saturated carbocycles. The standard InChI is InChI=1S/C17H14N4O3/c22-21(23)16-8-4-10-19-17(16)20-13-6-3-7-15(11-13)24-12-14-5-1-2-9-18-14/h1-11H,12H2,(H,19,20). The van der Waals surface area contributed by atoms with Crippen molar-refractivity contribution in [3.8, 4) is 5.75 Å². The van der Waals surface area contributed by atoms with Crippen molar-refractivity contribution in [3.63, 3.8) is 0 Å². The lowest BCUT2D eigenvalue weighted by molar-refractivity contribution is -0.384. The molecule has 0 aliphatic heterocycles. The van der Waals surface area contributed by atoms with Crippen molar-refractivity contribution in [2.75, 3.05) is 5.32 Å². The summed E-state index contributed by atoms with van der Waals surface area (Å²) in [6, 6.07) is 15.7. The summed E-state index contributed by atoms with van der Waals surface area (Å²) in [4.78, 5) is 18.8. The van der Waals surface area contributed by atoms with Crippen molar-refractivity contribution in [1.82, 2.24) is 9.97 Å². The second-order valence-electron chi connectivity index (χ2n) is 4.89. The minimum atomic E-state index is -0.475. The summed E-state index contributed by atoms with van der Waals surface area (Å²) in [6.07, 6.45) is 3.20. The summed E-state index contributed by atoms with van der Waals surface area (Å²) in [5.74, 6) is 0.814. The van der Waals surface area contributed by atoms with Gasteiger partial charge in [-0.25, -0.2) is 4.98 Å². The van der Waals surface area contributed by atoms with Gasteiger partial charge in [0.05, 0.1) is 10.6 Å². The van der Waals surface area contributed by atoms with Crippen LogP contribution in [-0.2, 0) is 6.61 Å². The SMILES string of the molecule is O=[N+]([O-])c1cccnc1Nc1cccc(OCc2ccccn2)c1. The van der Waals surface area contributed by atoms with E-state index < -0.39 is 4.92 Å². The lowest BCUT2D eigenvalue weighted by atomic mass is 10.3. The molecule has 0 bridgehead atoms. The van der Waals surface area contributed by atoms with Gasteiger partial charge in [0.15, 0.2) is 0 Å². The fraction of sp³-hybridized carbons (Fsp3) is 0.0588. The van der Waals surface area contributed by atoms with E-state index in [-0.39, 0.29) is 11.5 Å². The number of nitrogens with one attached hydrogen (secondary N) is 1. The van der Waals surface area contributed by atoms with Crippen LogP contribution in [0.4, 0.5) is 17.2 Å². The molecule has 0 unspecified atom stereocenters. The van der Waals surface area contributed by atoms with Crippen LogP contribution < -0.4 is 10.1 Å². The van der Waals surface area contributed by atoms with Gasteiger partial charge in [-0.15, -0.1) is 0 Å². The Bertz CT molecular complexity index is 840. The van der Waals surface area contributed by atoms with Gasteiger partial charge < -0.3 is 10.1 Å². The van der Waals surface area contributed by atoms with Crippen LogP contribution in [0.3, 0.4) is 0 Å². The highest BCUT2D eigenvalue weighted by atomic mass is 16.6. The first kappa shape index (κ1) is 15.4. The minimum Gasteiger partial charge on any atom is -0.487 e. The van der Waals surface area contributed by atoms with Gasteiger partial charge in [-0.05, 0) is 30.3 Å². The zero-order valence-corrected chi connectivity index (χ0v) is 12.6. The van der Waals surface area contributed by atoms with E-state index in [2.05, 4.69) is 15.3 Å². The molecule has 24 heavy (non-hydrogen) atoms. The third-order valence-electron chi connectivity index (χ3n) is 3.19. The van der Waals surface area contributed by atoms with E-state index >= 15 is 0 Å². The highest BCUT2D eigenvalue weighted by Gasteiger charge is 2.14. The van der Waals surface area contributed by atoms with Crippen LogP contribution >= 0.6 is 0 Å². The van der Waals surface area contributed by atoms with Gasteiger partial charge in [0.2, 0.25) is 5.82 Å². The maximum Gasteiger partial charge on any atom is 0.311 e. The lowest BCUT2D eigenvalue weighted by Crippen LogP contribution is -2.00. The summed E-state index contributed by atoms with van der Waals surface area (Å²) in [5.41, 5.74) is 1.38. The van der Waals surface area contributed by atoms with Crippen LogP contribution in [0.25, 0.3) is 0 Å². The number of rotatable bonds is 6. The topological polar surface area (TPSA) is 90.2 Å². The number of nitro groups is 1. The number of aromatic nitrogens is 2. The number of pyridine rings is 2. The van der Waals surface area contributed by atoms with Crippen molar-refractivity contribution >= 4 is 17.2 Å². The van der Waals surface area contributed by atoms with Crippen molar-refractivity contribution in [3.05, 3.63) is 82.8 Å². The fourth-order valence-corrected chi connectivity index (χ4v) is 2.08. The molecular weight excluding hydrogens is 308 g/mol. The molecule has 0 spiro atoms. The zero-order chi connectivity index (χ0) is 16.8. The predicted molar refractivity (Wildman–Crippen MR) is 89.2 cm³/mol. The molecule has 7 nitrogen and oxygen atoms in total. The van der Waals surface area contributed by atoms with Crippen molar-refractivity contribution in [2.24, 2.45) is 0 Å². The second kappa shape index (κ2) is 7.19. The summed E-state index contributed by atoms with van der Waals surface area (Å²) in [7, 11) is 0. The minimum absolute atomic E-state index is 0.0858. The number of anilines is 2. The maximum absolute atomic E-state index is 11.0. The molecule has 120 valence electrons. The number of hydrogen-bond acceptors (Lipinski definition) is 6. The summed E-state index contributed by atoms with van der Waals surface area (Å²) < 4.78 is 5.69. The molecule has 0 aliphatic carbocycles. The van der Waals surface area contributed by atoms with Gasteiger partial charge in [0.25, 0.3) is 0 Å². The average Bonchev–Trinajstić information content (AvgIpc) is 2.61. The van der Waals surface area contributed by atoms with Gasteiger partial charge in [0.1, 0.15) is 12.4 Å². The third-order valence-corrected chi connectivity index (χ3v) is 3.19. The molecule has 1 aromatic carbocycles. The Morgan fingerprint density at radius 2 is 1.92 bits per heavy atom. The van der Waals surface area contributed by atoms with E-state index in [4.69, 9.17) is 4.74 Å². The average molecular weight is 322 g/mol. The molecule has 0 saturated heterocycles. The molecule has 2 aromatic heterocycles. The largest absolute Gasteiger partial charge is 0.487 e. The first-order valence-electron chi connectivity index (χ1n) is 7.21. The predicted octanol–water partition coefficient (Wildman–Crippen LogP) is 3.71. The fourth-order valence-electron chi connectivity index (χ4n) is 2.08. The molecule has 0 fully saturated rings. The van der Waals surface area contributed by atoms with Crippen molar-refractivity contribution in [2.45, 2.75) is 6.61 Å². The quantitative estimate of drug-likeness (QED) is 0.549. The highest BCUT2D eigenvalue weighted by Crippen LogP contribution is 2.26. The normalized spacial score (nSPS) is 10.2. The van der Waals surface area contributed by atoms with Crippen molar-refractivity contribution < 1.29 is 9.66 Å². The highest BCUT2D eigenvalue weighted by molar-refractivity contribution is 5.65. The summed E-state index contributed by atoms with van der Waals surface area (Å²) >= 11 is 0. The lowest BCUT2D eigenvalue weighted by Gasteiger charge is -2.09. The Balaban J connectivity index is 1.73. The van der Waals surface area contributed by atoms with E-state index in [1.807, 2.05) is 18.2 Å². The van der Waals surface area contributed by atoms with E-state index in [9.17, 15) is 10.1 Å². The molecule has 0 radical (unpaired) electrons. The van der Waals surface area contributed by atoms with Gasteiger partial charge in [-0.3, -0.25) is 15.1 Å². The molecule has 7 heteroatoms. The van der Waals surface area contributed by atoms with E-state index in [1.165, 1.54) is 18.3 Å². The monoisotopic (exact) mass is 322 g/mol.